The standard InChI is InChI=1S/C3H3F3OS/c4-3(5,6)1-8-2-7/h2H,1H2. The third-order valence-electron chi connectivity index (χ3n) is 0.315. The quantitative estimate of drug-likeness (QED) is 0.546. The smallest absolute Gasteiger partial charge is 0.291 e. The Bertz CT molecular complexity index is 79.1. The fraction of sp³-hybridized carbons (Fsp3) is 0.667. The summed E-state index contributed by atoms with van der Waals surface area (Å²) in [6.45, 7) is 0. The second-order valence-corrected chi connectivity index (χ2v) is 1.84. The Morgan fingerprint density at radius 3 is 2.12 bits per heavy atom. The largest absolute Gasteiger partial charge is 0.398 e. The van der Waals surface area contributed by atoms with Crippen LogP contribution in [-0.2, 0) is 4.79 Å². The minimum absolute atomic E-state index is 0.174. The summed E-state index contributed by atoms with van der Waals surface area (Å²) < 4.78 is 33.2. The highest BCUT2D eigenvalue weighted by Crippen LogP contribution is 2.18. The van der Waals surface area contributed by atoms with E-state index in [0.717, 1.165) is 0 Å². The zero-order valence-electron chi connectivity index (χ0n) is 3.73. The first kappa shape index (κ1) is 7.81. The van der Waals surface area contributed by atoms with E-state index >= 15 is 0 Å². The molecule has 0 bridgehead atoms. The Hall–Kier alpha value is -0.190. The molecule has 48 valence electrons. The van der Waals surface area contributed by atoms with Gasteiger partial charge in [-0.1, -0.05) is 11.8 Å². The van der Waals surface area contributed by atoms with E-state index in [2.05, 4.69) is 0 Å². The van der Waals surface area contributed by atoms with E-state index in [9.17, 15) is 18.0 Å². The number of thioether (sulfide) groups is 1. The van der Waals surface area contributed by atoms with Crippen molar-refractivity contribution in [2.45, 2.75) is 6.18 Å². The Morgan fingerprint density at radius 2 is 2.00 bits per heavy atom. The lowest BCUT2D eigenvalue weighted by molar-refractivity contribution is -0.105. The third kappa shape index (κ3) is 5.81. The first-order valence-corrected chi connectivity index (χ1v) is 2.73. The summed E-state index contributed by atoms with van der Waals surface area (Å²) in [5.41, 5.74) is 0.174. The van der Waals surface area contributed by atoms with Gasteiger partial charge in [0.05, 0.1) is 5.75 Å². The first-order valence-electron chi connectivity index (χ1n) is 1.68. The predicted octanol–water partition coefficient (Wildman–Crippen LogP) is 1.47. The Kier molecular flexibility index (Phi) is 2.89. The fourth-order valence-corrected chi connectivity index (χ4v) is 0.386. The molecule has 0 aliphatic carbocycles. The van der Waals surface area contributed by atoms with Crippen molar-refractivity contribution in [2.24, 2.45) is 0 Å². The molecule has 0 aromatic rings. The average Bonchev–Trinajstić information content (AvgIpc) is 1.59. The van der Waals surface area contributed by atoms with Crippen LogP contribution in [0.4, 0.5) is 13.2 Å². The summed E-state index contributed by atoms with van der Waals surface area (Å²) in [5.74, 6) is -1.09. The van der Waals surface area contributed by atoms with E-state index in [1.54, 1.807) is 0 Å². The minimum Gasteiger partial charge on any atom is -0.291 e. The van der Waals surface area contributed by atoms with Crippen LogP contribution in [0.2, 0.25) is 0 Å². The first-order chi connectivity index (χ1) is 3.56. The average molecular weight is 144 g/mol. The predicted molar refractivity (Wildman–Crippen MR) is 25.3 cm³/mol. The molecular weight excluding hydrogens is 141 g/mol. The second kappa shape index (κ2) is 2.96. The van der Waals surface area contributed by atoms with Crippen LogP contribution >= 0.6 is 11.8 Å². The van der Waals surface area contributed by atoms with E-state index in [1.165, 1.54) is 0 Å². The SMILES string of the molecule is O=CSCC(F)(F)F. The number of rotatable bonds is 2. The highest BCUT2D eigenvalue weighted by molar-refractivity contribution is 8.11. The molecule has 0 atom stereocenters. The van der Waals surface area contributed by atoms with Crippen LogP contribution in [0.1, 0.15) is 0 Å². The lowest BCUT2D eigenvalue weighted by Gasteiger charge is -1.99. The second-order valence-electron chi connectivity index (χ2n) is 1.02. The van der Waals surface area contributed by atoms with Crippen LogP contribution in [0.15, 0.2) is 0 Å². The summed E-state index contributed by atoms with van der Waals surface area (Å²) in [4.78, 5) is 9.31. The van der Waals surface area contributed by atoms with Gasteiger partial charge in [-0.3, -0.25) is 4.79 Å². The van der Waals surface area contributed by atoms with Crippen molar-refractivity contribution in [3.05, 3.63) is 0 Å². The topological polar surface area (TPSA) is 17.1 Å². The molecule has 0 saturated heterocycles. The zero-order valence-corrected chi connectivity index (χ0v) is 4.55. The number of halogens is 3. The van der Waals surface area contributed by atoms with Crippen LogP contribution in [-0.4, -0.2) is 17.5 Å². The van der Waals surface area contributed by atoms with Gasteiger partial charge in [-0.2, -0.15) is 13.2 Å². The van der Waals surface area contributed by atoms with E-state index in [4.69, 9.17) is 0 Å². The molecule has 1 nitrogen and oxygen atoms in total. The van der Waals surface area contributed by atoms with E-state index in [0.29, 0.717) is 0 Å². The van der Waals surface area contributed by atoms with Gasteiger partial charge in [0.1, 0.15) is 0 Å². The lowest BCUT2D eigenvalue weighted by Crippen LogP contribution is -2.10. The van der Waals surface area contributed by atoms with Gasteiger partial charge in [0.2, 0.25) is 0 Å². The Morgan fingerprint density at radius 1 is 1.50 bits per heavy atom. The van der Waals surface area contributed by atoms with E-state index in [1.807, 2.05) is 0 Å². The van der Waals surface area contributed by atoms with Crippen LogP contribution in [0.5, 0.6) is 0 Å². The highest BCUT2D eigenvalue weighted by Gasteiger charge is 2.26. The number of carbonyl (C=O) groups is 1. The molecule has 0 aliphatic heterocycles. The van der Waals surface area contributed by atoms with Crippen molar-refractivity contribution < 1.29 is 18.0 Å². The number of alkyl halides is 3. The van der Waals surface area contributed by atoms with Gasteiger partial charge >= 0.3 is 6.18 Å². The van der Waals surface area contributed by atoms with Gasteiger partial charge in [-0.05, 0) is 0 Å². The Balaban J connectivity index is 3.24. The van der Waals surface area contributed by atoms with Crippen molar-refractivity contribution in [2.75, 3.05) is 5.75 Å². The lowest BCUT2D eigenvalue weighted by atomic mass is 10.8. The normalized spacial score (nSPS) is 11.4. The highest BCUT2D eigenvalue weighted by atomic mass is 32.2. The maximum atomic E-state index is 11.1. The summed E-state index contributed by atoms with van der Waals surface area (Å²) >= 11 is 0.209. The molecule has 0 rings (SSSR count). The molecule has 0 N–H and O–H groups in total. The van der Waals surface area contributed by atoms with Crippen molar-refractivity contribution in [3.8, 4) is 0 Å². The van der Waals surface area contributed by atoms with Gasteiger partial charge in [0, 0.05) is 0 Å². The minimum atomic E-state index is -4.22. The molecule has 0 saturated carbocycles. The third-order valence-corrected chi connectivity index (χ3v) is 0.945. The van der Waals surface area contributed by atoms with Crippen molar-refractivity contribution >= 4 is 17.4 Å². The molecule has 0 heterocycles. The molecule has 0 fully saturated rings. The fourth-order valence-electron chi connectivity index (χ4n) is 0.129. The summed E-state index contributed by atoms with van der Waals surface area (Å²) in [6, 6.07) is 0. The summed E-state index contributed by atoms with van der Waals surface area (Å²) in [5, 5.41) is 0. The van der Waals surface area contributed by atoms with E-state index < -0.39 is 11.9 Å². The maximum absolute atomic E-state index is 11.1. The number of hydrogen-bond acceptors (Lipinski definition) is 2. The maximum Gasteiger partial charge on any atom is 0.398 e. The summed E-state index contributed by atoms with van der Waals surface area (Å²) in [6.07, 6.45) is -4.22. The van der Waals surface area contributed by atoms with Gasteiger partial charge in [0.25, 0.3) is 0 Å². The molecular formula is C3H3F3OS. The van der Waals surface area contributed by atoms with Crippen LogP contribution in [0.25, 0.3) is 0 Å². The molecule has 0 aliphatic rings. The molecule has 0 radical (unpaired) electrons. The van der Waals surface area contributed by atoms with Gasteiger partial charge in [-0.25, -0.2) is 0 Å². The molecule has 5 heteroatoms. The molecule has 0 amide bonds. The number of carbonyl (C=O) groups excluding carboxylic acids is 1. The van der Waals surface area contributed by atoms with Crippen molar-refractivity contribution in [1.82, 2.24) is 0 Å². The molecule has 0 aromatic carbocycles. The van der Waals surface area contributed by atoms with Crippen LogP contribution < -0.4 is 0 Å². The molecule has 0 unspecified atom stereocenters. The van der Waals surface area contributed by atoms with Crippen molar-refractivity contribution in [1.29, 1.82) is 0 Å². The number of hydrogen-bond donors (Lipinski definition) is 0. The molecule has 0 aromatic heterocycles. The van der Waals surface area contributed by atoms with Gasteiger partial charge in [-0.15, -0.1) is 0 Å². The molecule has 0 spiro atoms. The Labute approximate surface area is 48.3 Å². The van der Waals surface area contributed by atoms with Crippen LogP contribution in [0.3, 0.4) is 0 Å². The van der Waals surface area contributed by atoms with E-state index in [-0.39, 0.29) is 17.4 Å². The van der Waals surface area contributed by atoms with Gasteiger partial charge < -0.3 is 0 Å². The zero-order chi connectivity index (χ0) is 6.62. The molecule has 8 heavy (non-hydrogen) atoms. The van der Waals surface area contributed by atoms with Gasteiger partial charge in [0.15, 0.2) is 5.62 Å². The van der Waals surface area contributed by atoms with Crippen LogP contribution in [0, 0.1) is 0 Å². The summed E-state index contributed by atoms with van der Waals surface area (Å²) in [7, 11) is 0. The van der Waals surface area contributed by atoms with Crippen molar-refractivity contribution in [3.63, 3.8) is 0 Å². The monoisotopic (exact) mass is 144 g/mol.